The third-order valence-corrected chi connectivity index (χ3v) is 4.50. The van der Waals surface area contributed by atoms with Crippen LogP contribution in [-0.4, -0.2) is 32.5 Å². The highest BCUT2D eigenvalue weighted by Gasteiger charge is 2.16. The lowest BCUT2D eigenvalue weighted by atomic mass is 10.0. The van der Waals surface area contributed by atoms with Gasteiger partial charge in [-0.25, -0.2) is 0 Å². The molecule has 3 rings (SSSR count). The molecule has 2 N–H and O–H groups in total. The largest absolute Gasteiger partial charge is 0.506 e. The molecule has 32 heavy (non-hydrogen) atoms. The van der Waals surface area contributed by atoms with E-state index in [0.717, 1.165) is 0 Å². The Hall–Kier alpha value is -4.52. The van der Waals surface area contributed by atoms with Crippen molar-refractivity contribution in [3.05, 3.63) is 94.3 Å². The van der Waals surface area contributed by atoms with E-state index in [0.29, 0.717) is 22.3 Å². The molecule has 0 atom stereocenters. The summed E-state index contributed by atoms with van der Waals surface area (Å²) in [5, 5.41) is 19.8. The number of phenolic OH excluding ortho intramolecular Hbond substituents is 1. The van der Waals surface area contributed by atoms with Crippen molar-refractivity contribution < 1.29 is 24.6 Å². The van der Waals surface area contributed by atoms with E-state index < -0.39 is 17.3 Å². The van der Waals surface area contributed by atoms with Crippen LogP contribution >= 0.6 is 0 Å². The molecule has 6 nitrogen and oxygen atoms in total. The normalized spacial score (nSPS) is 9.69. The lowest BCUT2D eigenvalue weighted by Crippen LogP contribution is -2.02. The number of Topliss-reactive ketones (excluding diaryl/α,β-unsaturated/α-hetero) is 3. The number of phenols is 1. The molecule has 0 radical (unpaired) electrons. The van der Waals surface area contributed by atoms with Crippen LogP contribution in [0.15, 0.2) is 60.9 Å². The third kappa shape index (κ3) is 5.14. The van der Waals surface area contributed by atoms with E-state index in [2.05, 4.69) is 28.7 Å². The maximum absolute atomic E-state index is 12.5. The zero-order valence-corrected chi connectivity index (χ0v) is 17.0. The summed E-state index contributed by atoms with van der Waals surface area (Å²) in [5.74, 6) is 8.12. The molecule has 0 fully saturated rings. The van der Waals surface area contributed by atoms with Crippen molar-refractivity contribution in [2.75, 3.05) is 0 Å². The summed E-state index contributed by atoms with van der Waals surface area (Å²) in [6, 6.07) is 12.2. The molecule has 2 aromatic carbocycles. The zero-order chi connectivity index (χ0) is 23.1. The number of benzene rings is 2. The second kappa shape index (κ2) is 9.99. The fourth-order valence-electron chi connectivity index (χ4n) is 2.79. The minimum Gasteiger partial charge on any atom is -0.506 e. The van der Waals surface area contributed by atoms with E-state index in [-0.39, 0.29) is 23.5 Å². The monoisotopic (exact) mass is 423 g/mol. The van der Waals surface area contributed by atoms with Gasteiger partial charge in [0.15, 0.2) is 5.78 Å². The number of carbonyl (C=O) groups is 3. The van der Waals surface area contributed by atoms with E-state index >= 15 is 0 Å². The minimum absolute atomic E-state index is 0.122. The molecule has 0 amide bonds. The fraction of sp³-hybridized carbons (Fsp3) is 0.0769. The van der Waals surface area contributed by atoms with Crippen LogP contribution in [0.3, 0.4) is 0 Å². The van der Waals surface area contributed by atoms with Gasteiger partial charge in [-0.15, -0.1) is 0 Å². The Labute approximate surface area is 184 Å². The average Bonchev–Trinajstić information content (AvgIpc) is 2.81. The standard InChI is InChI=1S/C26H17NO5/c1-17(29)20-5-2-4-18(14-20)8-10-24(30)22-6-3-7-23(26(22)32)25(31)11-9-19-12-13-27-15-21(19)16-28/h2-7,12-15,28,32H,16H2,1H3. The van der Waals surface area contributed by atoms with Gasteiger partial charge in [-0.05, 0) is 49.1 Å². The van der Waals surface area contributed by atoms with Gasteiger partial charge < -0.3 is 10.2 Å². The first kappa shape index (κ1) is 22.2. The van der Waals surface area contributed by atoms with Crippen molar-refractivity contribution in [2.24, 2.45) is 0 Å². The topological polar surface area (TPSA) is 105 Å². The smallest absolute Gasteiger partial charge is 0.239 e. The number of nitrogens with zero attached hydrogens (tertiary/aromatic N) is 1. The Morgan fingerprint density at radius 1 is 0.938 bits per heavy atom. The molecule has 0 unspecified atom stereocenters. The number of ketones is 3. The van der Waals surface area contributed by atoms with Gasteiger partial charge in [-0.3, -0.25) is 19.4 Å². The van der Waals surface area contributed by atoms with Gasteiger partial charge >= 0.3 is 0 Å². The molecular weight excluding hydrogens is 406 g/mol. The molecule has 0 saturated heterocycles. The lowest BCUT2D eigenvalue weighted by Gasteiger charge is -2.03. The average molecular weight is 423 g/mol. The van der Waals surface area contributed by atoms with Crippen molar-refractivity contribution in [3.8, 4) is 29.4 Å². The van der Waals surface area contributed by atoms with Crippen LogP contribution in [0.4, 0.5) is 0 Å². The molecule has 6 heteroatoms. The van der Waals surface area contributed by atoms with Gasteiger partial charge in [0.25, 0.3) is 0 Å². The van der Waals surface area contributed by atoms with Gasteiger partial charge in [-0.1, -0.05) is 30.0 Å². The van der Waals surface area contributed by atoms with Crippen LogP contribution in [0, 0.1) is 23.7 Å². The van der Waals surface area contributed by atoms with Crippen LogP contribution in [-0.2, 0) is 6.61 Å². The van der Waals surface area contributed by atoms with Gasteiger partial charge in [0, 0.05) is 34.6 Å². The molecule has 0 aliphatic carbocycles. The molecule has 0 bridgehead atoms. The number of aromatic nitrogens is 1. The van der Waals surface area contributed by atoms with Crippen LogP contribution in [0.25, 0.3) is 0 Å². The number of aromatic hydroxyl groups is 1. The Kier molecular flexibility index (Phi) is 6.92. The quantitative estimate of drug-likeness (QED) is 0.494. The summed E-state index contributed by atoms with van der Waals surface area (Å²) in [6.07, 6.45) is 2.92. The number of rotatable bonds is 4. The van der Waals surface area contributed by atoms with Crippen LogP contribution < -0.4 is 0 Å². The molecular formula is C26H17NO5. The van der Waals surface area contributed by atoms with Gasteiger partial charge in [0.1, 0.15) is 5.75 Å². The Balaban J connectivity index is 1.87. The fourth-order valence-corrected chi connectivity index (χ4v) is 2.79. The number of carbonyl (C=O) groups excluding carboxylic acids is 3. The first-order valence-corrected chi connectivity index (χ1v) is 9.50. The summed E-state index contributed by atoms with van der Waals surface area (Å²) in [4.78, 5) is 40.4. The van der Waals surface area contributed by atoms with Crippen molar-refractivity contribution >= 4 is 17.3 Å². The number of aliphatic hydroxyl groups excluding tert-OH is 1. The summed E-state index contributed by atoms with van der Waals surface area (Å²) in [6.45, 7) is 1.15. The maximum Gasteiger partial charge on any atom is 0.239 e. The summed E-state index contributed by atoms with van der Waals surface area (Å²) < 4.78 is 0. The summed E-state index contributed by atoms with van der Waals surface area (Å²) in [5.41, 5.74) is 1.57. The van der Waals surface area contributed by atoms with Crippen molar-refractivity contribution in [2.45, 2.75) is 13.5 Å². The molecule has 1 aromatic heterocycles. The second-order valence-corrected chi connectivity index (χ2v) is 6.69. The van der Waals surface area contributed by atoms with Crippen molar-refractivity contribution in [3.63, 3.8) is 0 Å². The number of para-hydroxylation sites is 1. The van der Waals surface area contributed by atoms with Crippen molar-refractivity contribution in [1.82, 2.24) is 4.98 Å². The number of hydrogen-bond donors (Lipinski definition) is 2. The van der Waals surface area contributed by atoms with E-state index in [1.165, 1.54) is 37.5 Å². The van der Waals surface area contributed by atoms with Crippen LogP contribution in [0.5, 0.6) is 5.75 Å². The van der Waals surface area contributed by atoms with E-state index in [1.807, 2.05) is 0 Å². The predicted octanol–water partition coefficient (Wildman–Crippen LogP) is 2.95. The Morgan fingerprint density at radius 3 is 2.25 bits per heavy atom. The predicted molar refractivity (Wildman–Crippen MR) is 117 cm³/mol. The minimum atomic E-state index is -0.694. The SMILES string of the molecule is CC(=O)c1cccc(C#CC(=O)c2cccc(C(=O)C#Cc3ccncc3CO)c2O)c1. The molecule has 1 heterocycles. The van der Waals surface area contributed by atoms with E-state index in [9.17, 15) is 24.6 Å². The second-order valence-electron chi connectivity index (χ2n) is 6.69. The highest BCUT2D eigenvalue weighted by Crippen LogP contribution is 2.23. The highest BCUT2D eigenvalue weighted by molar-refractivity contribution is 6.16. The summed E-state index contributed by atoms with van der Waals surface area (Å²) in [7, 11) is 0. The maximum atomic E-state index is 12.5. The van der Waals surface area contributed by atoms with Gasteiger partial charge in [0.2, 0.25) is 11.6 Å². The van der Waals surface area contributed by atoms with E-state index in [1.54, 1.807) is 30.3 Å². The van der Waals surface area contributed by atoms with Gasteiger partial charge in [0.05, 0.1) is 17.7 Å². The molecule has 0 spiro atoms. The highest BCUT2D eigenvalue weighted by atomic mass is 16.3. The molecule has 0 aliphatic heterocycles. The number of aliphatic hydroxyl groups is 1. The first-order chi connectivity index (χ1) is 15.4. The summed E-state index contributed by atoms with van der Waals surface area (Å²) >= 11 is 0. The number of hydrogen-bond acceptors (Lipinski definition) is 6. The molecule has 3 aromatic rings. The molecule has 156 valence electrons. The first-order valence-electron chi connectivity index (χ1n) is 9.50. The van der Waals surface area contributed by atoms with E-state index in [4.69, 9.17) is 0 Å². The zero-order valence-electron chi connectivity index (χ0n) is 17.0. The van der Waals surface area contributed by atoms with Crippen LogP contribution in [0.1, 0.15) is 54.7 Å². The Bertz CT molecular complexity index is 1350. The Morgan fingerprint density at radius 2 is 1.59 bits per heavy atom. The van der Waals surface area contributed by atoms with Crippen LogP contribution in [0.2, 0.25) is 0 Å². The molecule has 0 saturated carbocycles. The van der Waals surface area contributed by atoms with Crippen molar-refractivity contribution in [1.29, 1.82) is 0 Å². The van der Waals surface area contributed by atoms with Gasteiger partial charge in [-0.2, -0.15) is 0 Å². The third-order valence-electron chi connectivity index (χ3n) is 4.50. The molecule has 0 aliphatic rings. The number of pyridine rings is 1. The lowest BCUT2D eigenvalue weighted by molar-refractivity contribution is 0.101.